The Labute approximate surface area is 154 Å². The average molecular weight is 377 g/mol. The average Bonchev–Trinajstić information content (AvgIpc) is 2.63. The van der Waals surface area contributed by atoms with Crippen molar-refractivity contribution in [3.63, 3.8) is 0 Å². The number of benzene rings is 2. The van der Waals surface area contributed by atoms with Crippen LogP contribution in [0.25, 0.3) is 5.76 Å². The number of ether oxygens (including phenoxy) is 1. The SMILES string of the molecule is CCOc1ccc(N=C/C(C(=O)C(F)(F)F)=C(\O)c2ccc(C)cc2)cc1. The van der Waals surface area contributed by atoms with Crippen LogP contribution in [0.3, 0.4) is 0 Å². The van der Waals surface area contributed by atoms with Crippen LogP contribution in [0.1, 0.15) is 18.1 Å². The van der Waals surface area contributed by atoms with E-state index < -0.39 is 23.3 Å². The minimum absolute atomic E-state index is 0.0892. The van der Waals surface area contributed by atoms with Crippen LogP contribution < -0.4 is 4.74 Å². The van der Waals surface area contributed by atoms with Crippen LogP contribution in [-0.2, 0) is 4.79 Å². The van der Waals surface area contributed by atoms with Gasteiger partial charge in [-0.05, 0) is 38.1 Å². The standard InChI is InChI=1S/C20H18F3NO3/c1-3-27-16-10-8-15(9-11-16)24-12-17(19(26)20(21,22)23)18(25)14-6-4-13(2)5-7-14/h4-12,25H,3H2,1-2H3/b18-17+,24-12?. The molecule has 0 atom stereocenters. The first-order chi connectivity index (χ1) is 12.7. The molecule has 142 valence electrons. The second kappa shape index (κ2) is 8.53. The van der Waals surface area contributed by atoms with E-state index in [9.17, 15) is 23.1 Å². The molecule has 0 unspecified atom stereocenters. The van der Waals surface area contributed by atoms with E-state index in [1.807, 2.05) is 6.92 Å². The smallest absolute Gasteiger partial charge is 0.455 e. The Hall–Kier alpha value is -3.09. The molecule has 0 spiro atoms. The molecule has 2 aromatic rings. The van der Waals surface area contributed by atoms with E-state index in [0.29, 0.717) is 18.0 Å². The molecule has 7 heteroatoms. The van der Waals surface area contributed by atoms with Gasteiger partial charge in [0.25, 0.3) is 5.78 Å². The molecular formula is C20H18F3NO3. The fourth-order valence-electron chi connectivity index (χ4n) is 2.18. The number of allylic oxidation sites excluding steroid dienone is 1. The number of nitrogens with zero attached hydrogens (tertiary/aromatic N) is 1. The molecule has 2 aromatic carbocycles. The predicted molar refractivity (Wildman–Crippen MR) is 97.6 cm³/mol. The molecule has 0 bridgehead atoms. The number of aliphatic hydroxyl groups is 1. The molecule has 4 nitrogen and oxygen atoms in total. The Balaban J connectivity index is 2.42. The first-order valence-electron chi connectivity index (χ1n) is 8.11. The molecule has 2 rings (SSSR count). The number of alkyl halides is 3. The molecule has 0 heterocycles. The van der Waals surface area contributed by atoms with Gasteiger partial charge >= 0.3 is 6.18 Å². The molecule has 0 aliphatic heterocycles. The fraction of sp³-hybridized carbons (Fsp3) is 0.200. The van der Waals surface area contributed by atoms with Crippen LogP contribution in [0.15, 0.2) is 59.1 Å². The van der Waals surface area contributed by atoms with E-state index in [-0.39, 0.29) is 5.56 Å². The van der Waals surface area contributed by atoms with Gasteiger partial charge in [-0.3, -0.25) is 9.79 Å². The van der Waals surface area contributed by atoms with Gasteiger partial charge in [-0.2, -0.15) is 13.2 Å². The van der Waals surface area contributed by atoms with Crippen molar-refractivity contribution in [1.82, 2.24) is 0 Å². The lowest BCUT2D eigenvalue weighted by Crippen LogP contribution is -2.26. The second-order valence-corrected chi connectivity index (χ2v) is 5.64. The molecule has 0 amide bonds. The van der Waals surface area contributed by atoms with Crippen molar-refractivity contribution >= 4 is 23.4 Å². The molecule has 0 radical (unpaired) electrons. The minimum Gasteiger partial charge on any atom is -0.506 e. The summed E-state index contributed by atoms with van der Waals surface area (Å²) in [6.07, 6.45) is -4.42. The maximum Gasteiger partial charge on any atom is 0.455 e. The van der Waals surface area contributed by atoms with Crippen LogP contribution in [0.5, 0.6) is 5.75 Å². The van der Waals surface area contributed by atoms with Gasteiger partial charge in [-0.25, -0.2) is 0 Å². The van der Waals surface area contributed by atoms with Crippen molar-refractivity contribution in [2.24, 2.45) is 4.99 Å². The van der Waals surface area contributed by atoms with Crippen molar-refractivity contribution < 1.29 is 27.8 Å². The number of ketones is 1. The topological polar surface area (TPSA) is 58.9 Å². The summed E-state index contributed by atoms with van der Waals surface area (Å²) in [7, 11) is 0. The zero-order chi connectivity index (χ0) is 20.0. The molecule has 27 heavy (non-hydrogen) atoms. The van der Waals surface area contributed by atoms with E-state index in [4.69, 9.17) is 4.74 Å². The summed E-state index contributed by atoms with van der Waals surface area (Å²) >= 11 is 0. The summed E-state index contributed by atoms with van der Waals surface area (Å²) in [6.45, 7) is 4.08. The lowest BCUT2D eigenvalue weighted by molar-refractivity contribution is -0.165. The second-order valence-electron chi connectivity index (χ2n) is 5.64. The largest absolute Gasteiger partial charge is 0.506 e. The highest BCUT2D eigenvalue weighted by Crippen LogP contribution is 2.26. The summed E-state index contributed by atoms with van der Waals surface area (Å²) in [6, 6.07) is 12.4. The quantitative estimate of drug-likeness (QED) is 0.428. The molecular weight excluding hydrogens is 359 g/mol. The third-order valence-corrected chi connectivity index (χ3v) is 3.57. The fourth-order valence-corrected chi connectivity index (χ4v) is 2.18. The number of halogens is 3. The van der Waals surface area contributed by atoms with E-state index in [0.717, 1.165) is 11.8 Å². The third-order valence-electron chi connectivity index (χ3n) is 3.57. The Morgan fingerprint density at radius 2 is 1.70 bits per heavy atom. The van der Waals surface area contributed by atoms with Gasteiger partial charge in [0.15, 0.2) is 0 Å². The van der Waals surface area contributed by atoms with Crippen molar-refractivity contribution in [3.05, 3.63) is 65.2 Å². The van der Waals surface area contributed by atoms with E-state index >= 15 is 0 Å². The van der Waals surface area contributed by atoms with Crippen molar-refractivity contribution in [2.45, 2.75) is 20.0 Å². The van der Waals surface area contributed by atoms with Gasteiger partial charge < -0.3 is 9.84 Å². The molecule has 0 aliphatic rings. The van der Waals surface area contributed by atoms with Crippen LogP contribution in [0.4, 0.5) is 18.9 Å². The van der Waals surface area contributed by atoms with Crippen molar-refractivity contribution in [2.75, 3.05) is 6.61 Å². The minimum atomic E-state index is -5.14. The molecule has 0 saturated heterocycles. The summed E-state index contributed by atoms with van der Waals surface area (Å²) in [5.41, 5.74) is 0.326. The Morgan fingerprint density at radius 1 is 1.11 bits per heavy atom. The molecule has 0 fully saturated rings. The lowest BCUT2D eigenvalue weighted by Gasteiger charge is -2.09. The van der Waals surface area contributed by atoms with Crippen LogP contribution in [0.2, 0.25) is 0 Å². The number of hydrogen-bond donors (Lipinski definition) is 1. The molecule has 0 aromatic heterocycles. The normalized spacial score (nSPS) is 12.8. The van der Waals surface area contributed by atoms with E-state index in [2.05, 4.69) is 4.99 Å². The number of Topliss-reactive ketones (excluding diaryl/α,β-unsaturated/α-hetero) is 1. The predicted octanol–water partition coefficient (Wildman–Crippen LogP) is 5.20. The Morgan fingerprint density at radius 3 is 2.22 bits per heavy atom. The monoisotopic (exact) mass is 377 g/mol. The van der Waals surface area contributed by atoms with Crippen molar-refractivity contribution in [3.8, 4) is 5.75 Å². The number of carbonyl (C=O) groups excluding carboxylic acids is 1. The maximum absolute atomic E-state index is 12.9. The Kier molecular flexibility index (Phi) is 6.39. The van der Waals surface area contributed by atoms with Crippen LogP contribution >= 0.6 is 0 Å². The molecule has 1 N–H and O–H groups in total. The highest BCUT2D eigenvalue weighted by molar-refractivity contribution is 6.20. The highest BCUT2D eigenvalue weighted by atomic mass is 19.4. The van der Waals surface area contributed by atoms with Gasteiger partial charge in [0.05, 0.1) is 17.9 Å². The summed E-state index contributed by atoms with van der Waals surface area (Å²) in [4.78, 5) is 15.6. The zero-order valence-electron chi connectivity index (χ0n) is 14.7. The number of aliphatic imine (C=N–C) groups is 1. The van der Waals surface area contributed by atoms with E-state index in [1.165, 1.54) is 24.3 Å². The van der Waals surface area contributed by atoms with Gasteiger partial charge in [0, 0.05) is 11.8 Å². The number of aryl methyl sites for hydroxylation is 1. The van der Waals surface area contributed by atoms with Crippen LogP contribution in [0, 0.1) is 6.92 Å². The van der Waals surface area contributed by atoms with Gasteiger partial charge in [-0.1, -0.05) is 29.8 Å². The Bertz CT molecular complexity index is 852. The number of rotatable bonds is 6. The number of carbonyl (C=O) groups is 1. The number of aliphatic hydroxyl groups excluding tert-OH is 1. The third kappa shape index (κ3) is 5.44. The first-order valence-corrected chi connectivity index (χ1v) is 8.11. The number of hydrogen-bond acceptors (Lipinski definition) is 4. The summed E-state index contributed by atoms with van der Waals surface area (Å²) < 4.78 is 44.1. The lowest BCUT2D eigenvalue weighted by atomic mass is 10.0. The molecule has 0 aliphatic carbocycles. The van der Waals surface area contributed by atoms with Gasteiger partial charge in [-0.15, -0.1) is 0 Å². The molecule has 0 saturated carbocycles. The van der Waals surface area contributed by atoms with E-state index in [1.54, 1.807) is 31.2 Å². The summed E-state index contributed by atoms with van der Waals surface area (Å²) in [5, 5.41) is 10.2. The zero-order valence-corrected chi connectivity index (χ0v) is 14.7. The van der Waals surface area contributed by atoms with Crippen molar-refractivity contribution in [1.29, 1.82) is 0 Å². The van der Waals surface area contributed by atoms with Gasteiger partial charge in [0.2, 0.25) is 0 Å². The highest BCUT2D eigenvalue weighted by Gasteiger charge is 2.41. The maximum atomic E-state index is 12.9. The van der Waals surface area contributed by atoms with Gasteiger partial charge in [0.1, 0.15) is 11.5 Å². The summed E-state index contributed by atoms with van der Waals surface area (Å²) in [5.74, 6) is -2.37. The first kappa shape index (κ1) is 20.2. The van der Waals surface area contributed by atoms with Crippen LogP contribution in [-0.4, -0.2) is 29.9 Å².